The molecule has 4 bridgehead atoms. The number of Topliss-reactive ketones (excluding diaryl/α,β-unsaturated/α-hetero) is 1. The number of carbonyl (C=O) groups excluding carboxylic acids is 4. The average Bonchev–Trinajstić information content (AvgIpc) is 2.52. The molecule has 0 aliphatic carbocycles. The standard InChI is InChI=1S/C16H16O8/c1-8(17)21-6-10-5-11-13(20)15(23-10)14-12(19)3-4-16(11,24-14)7-22-9(2)18/h3-5,11,14-15H,6-7H2,1-2H3/t11-,14+,15+,16+/m1/s1. The monoisotopic (exact) mass is 336 g/mol. The highest BCUT2D eigenvalue weighted by Gasteiger charge is 2.59. The minimum atomic E-state index is -1.26. The van der Waals surface area contributed by atoms with Crippen LogP contribution in [0.25, 0.3) is 0 Å². The maximum absolute atomic E-state index is 12.6. The Labute approximate surface area is 137 Å². The van der Waals surface area contributed by atoms with Crippen LogP contribution in [0.3, 0.4) is 0 Å². The van der Waals surface area contributed by atoms with E-state index in [1.807, 2.05) is 0 Å². The molecule has 0 spiro atoms. The normalized spacial score (nSPS) is 33.4. The van der Waals surface area contributed by atoms with Gasteiger partial charge in [-0.15, -0.1) is 0 Å². The first-order valence-electron chi connectivity index (χ1n) is 7.41. The SMILES string of the molecule is CC(=O)OCC1=C[C@@H]2C(=O)[C@H](O1)[C@H]1O[C@]2(COC(C)=O)C=CC1=O. The maximum atomic E-state index is 12.6. The van der Waals surface area contributed by atoms with Crippen LogP contribution >= 0.6 is 0 Å². The lowest BCUT2D eigenvalue weighted by Crippen LogP contribution is -2.65. The van der Waals surface area contributed by atoms with E-state index in [1.165, 1.54) is 32.1 Å². The predicted octanol–water partition coefficient (Wildman–Crippen LogP) is -0.143. The predicted molar refractivity (Wildman–Crippen MR) is 76.5 cm³/mol. The van der Waals surface area contributed by atoms with Gasteiger partial charge in [0, 0.05) is 13.8 Å². The second-order valence-corrected chi connectivity index (χ2v) is 5.84. The van der Waals surface area contributed by atoms with Crippen molar-refractivity contribution in [2.24, 2.45) is 5.92 Å². The van der Waals surface area contributed by atoms with Crippen molar-refractivity contribution in [3.05, 3.63) is 24.0 Å². The fraction of sp³-hybridized carbons (Fsp3) is 0.500. The Hall–Kier alpha value is -2.48. The van der Waals surface area contributed by atoms with E-state index in [1.54, 1.807) is 0 Å². The summed E-state index contributed by atoms with van der Waals surface area (Å²) >= 11 is 0. The molecule has 0 unspecified atom stereocenters. The smallest absolute Gasteiger partial charge is 0.303 e. The van der Waals surface area contributed by atoms with E-state index in [9.17, 15) is 19.2 Å². The first kappa shape index (κ1) is 16.4. The van der Waals surface area contributed by atoms with Gasteiger partial charge in [-0.05, 0) is 18.2 Å². The summed E-state index contributed by atoms with van der Waals surface area (Å²) in [6.07, 6.45) is 2.03. The van der Waals surface area contributed by atoms with Crippen LogP contribution in [0.15, 0.2) is 24.0 Å². The van der Waals surface area contributed by atoms with Crippen molar-refractivity contribution in [3.8, 4) is 0 Å². The molecule has 0 aromatic rings. The number of carbonyl (C=O) groups is 4. The molecule has 1 fully saturated rings. The lowest BCUT2D eigenvalue weighted by molar-refractivity contribution is -0.208. The Morgan fingerprint density at radius 1 is 1.17 bits per heavy atom. The summed E-state index contributed by atoms with van der Waals surface area (Å²) in [6, 6.07) is 0. The van der Waals surface area contributed by atoms with Gasteiger partial charge in [-0.2, -0.15) is 0 Å². The van der Waals surface area contributed by atoms with Gasteiger partial charge in [0.2, 0.25) is 0 Å². The van der Waals surface area contributed by atoms with Crippen LogP contribution in [0, 0.1) is 5.92 Å². The topological polar surface area (TPSA) is 105 Å². The molecule has 3 aliphatic heterocycles. The lowest BCUT2D eigenvalue weighted by atomic mass is 9.73. The van der Waals surface area contributed by atoms with Crippen LogP contribution in [0.1, 0.15) is 13.8 Å². The van der Waals surface area contributed by atoms with E-state index < -0.39 is 41.4 Å². The molecule has 0 amide bonds. The Balaban J connectivity index is 1.95. The molecule has 8 heteroatoms. The van der Waals surface area contributed by atoms with Crippen LogP contribution < -0.4 is 0 Å². The lowest BCUT2D eigenvalue weighted by Gasteiger charge is -2.49. The molecule has 128 valence electrons. The number of hydrogen-bond acceptors (Lipinski definition) is 8. The van der Waals surface area contributed by atoms with Gasteiger partial charge in [-0.3, -0.25) is 19.2 Å². The van der Waals surface area contributed by atoms with E-state index in [4.69, 9.17) is 18.9 Å². The van der Waals surface area contributed by atoms with Crippen molar-refractivity contribution in [2.45, 2.75) is 31.7 Å². The van der Waals surface area contributed by atoms with Gasteiger partial charge in [-0.25, -0.2) is 0 Å². The van der Waals surface area contributed by atoms with E-state index in [0.717, 1.165) is 0 Å². The Bertz CT molecular complexity index is 676. The molecular formula is C16H16O8. The zero-order valence-corrected chi connectivity index (χ0v) is 13.1. The largest absolute Gasteiger partial charge is 0.480 e. The maximum Gasteiger partial charge on any atom is 0.303 e. The minimum absolute atomic E-state index is 0.149. The zero-order valence-electron chi connectivity index (χ0n) is 13.1. The van der Waals surface area contributed by atoms with E-state index in [-0.39, 0.29) is 24.8 Å². The van der Waals surface area contributed by atoms with Crippen LogP contribution in [-0.4, -0.2) is 54.5 Å². The molecule has 4 atom stereocenters. The molecule has 0 saturated carbocycles. The average molecular weight is 336 g/mol. The van der Waals surface area contributed by atoms with E-state index >= 15 is 0 Å². The third-order valence-electron chi connectivity index (χ3n) is 4.09. The highest BCUT2D eigenvalue weighted by molar-refractivity contribution is 6.03. The molecule has 3 aliphatic rings. The van der Waals surface area contributed by atoms with Gasteiger partial charge in [0.15, 0.2) is 23.8 Å². The molecular weight excluding hydrogens is 320 g/mol. The fourth-order valence-electron chi connectivity index (χ4n) is 2.98. The fourth-order valence-corrected chi connectivity index (χ4v) is 2.98. The van der Waals surface area contributed by atoms with Gasteiger partial charge >= 0.3 is 11.9 Å². The number of ether oxygens (including phenoxy) is 4. The Kier molecular flexibility index (Phi) is 4.00. The molecule has 3 heterocycles. The quantitative estimate of drug-likeness (QED) is 0.653. The van der Waals surface area contributed by atoms with Crippen molar-refractivity contribution in [1.29, 1.82) is 0 Å². The molecule has 0 aromatic carbocycles. The third-order valence-corrected chi connectivity index (χ3v) is 4.09. The second-order valence-electron chi connectivity index (χ2n) is 5.84. The molecule has 0 N–H and O–H groups in total. The molecule has 0 radical (unpaired) electrons. The summed E-state index contributed by atoms with van der Waals surface area (Å²) < 4.78 is 21.2. The summed E-state index contributed by atoms with van der Waals surface area (Å²) in [5, 5.41) is 0. The third kappa shape index (κ3) is 2.73. The van der Waals surface area contributed by atoms with Gasteiger partial charge < -0.3 is 18.9 Å². The highest BCUT2D eigenvalue weighted by Crippen LogP contribution is 2.42. The van der Waals surface area contributed by atoms with Gasteiger partial charge in [0.25, 0.3) is 0 Å². The summed E-state index contributed by atoms with van der Waals surface area (Å²) in [5.74, 6) is -2.30. The number of ketones is 2. The van der Waals surface area contributed by atoms with Crippen molar-refractivity contribution < 1.29 is 38.1 Å². The minimum Gasteiger partial charge on any atom is -0.480 e. The van der Waals surface area contributed by atoms with Crippen LogP contribution in [0.5, 0.6) is 0 Å². The Morgan fingerprint density at radius 3 is 2.54 bits per heavy atom. The van der Waals surface area contributed by atoms with Crippen molar-refractivity contribution in [2.75, 3.05) is 13.2 Å². The zero-order chi connectivity index (χ0) is 17.5. The van der Waals surface area contributed by atoms with E-state index in [0.29, 0.717) is 0 Å². The summed E-state index contributed by atoms with van der Waals surface area (Å²) in [5.41, 5.74) is -1.26. The van der Waals surface area contributed by atoms with Crippen LogP contribution in [-0.2, 0) is 38.1 Å². The Morgan fingerprint density at radius 2 is 1.88 bits per heavy atom. The molecule has 8 nitrogen and oxygen atoms in total. The van der Waals surface area contributed by atoms with Crippen LogP contribution in [0.2, 0.25) is 0 Å². The molecule has 24 heavy (non-hydrogen) atoms. The first-order chi connectivity index (χ1) is 11.3. The van der Waals surface area contributed by atoms with Gasteiger partial charge in [-0.1, -0.05) is 0 Å². The molecule has 3 rings (SSSR count). The van der Waals surface area contributed by atoms with Gasteiger partial charge in [0.1, 0.15) is 24.6 Å². The molecule has 0 aromatic heterocycles. The summed E-state index contributed by atoms with van der Waals surface area (Å²) in [7, 11) is 0. The number of fused-ring (bicyclic) bond motifs is 6. The summed E-state index contributed by atoms with van der Waals surface area (Å²) in [6.45, 7) is 2.14. The van der Waals surface area contributed by atoms with Crippen molar-refractivity contribution in [3.63, 3.8) is 0 Å². The van der Waals surface area contributed by atoms with Gasteiger partial charge in [0.05, 0.1) is 5.92 Å². The van der Waals surface area contributed by atoms with E-state index in [2.05, 4.69) is 0 Å². The van der Waals surface area contributed by atoms with Crippen molar-refractivity contribution in [1.82, 2.24) is 0 Å². The van der Waals surface area contributed by atoms with Crippen LogP contribution in [0.4, 0.5) is 0 Å². The molecule has 1 saturated heterocycles. The second kappa shape index (κ2) is 5.86. The summed E-state index contributed by atoms with van der Waals surface area (Å²) in [4.78, 5) is 46.8. The van der Waals surface area contributed by atoms with Crippen molar-refractivity contribution >= 4 is 23.5 Å². The first-order valence-corrected chi connectivity index (χ1v) is 7.41. The highest BCUT2D eigenvalue weighted by atomic mass is 16.6. The number of esters is 2. The number of hydrogen-bond donors (Lipinski definition) is 0. The number of rotatable bonds is 4.